The Morgan fingerprint density at radius 2 is 1.92 bits per heavy atom. The summed E-state index contributed by atoms with van der Waals surface area (Å²) in [5.74, 6) is -0.412. The summed E-state index contributed by atoms with van der Waals surface area (Å²) in [7, 11) is 0. The molecule has 2 heterocycles. The second-order valence-corrected chi connectivity index (χ2v) is 7.11. The van der Waals surface area contributed by atoms with Gasteiger partial charge in [0.2, 0.25) is 0 Å². The van der Waals surface area contributed by atoms with Crippen LogP contribution in [-0.4, -0.2) is 48.0 Å². The number of amides is 3. The molecule has 0 spiro atoms. The van der Waals surface area contributed by atoms with Gasteiger partial charge in [-0.3, -0.25) is 10.2 Å². The summed E-state index contributed by atoms with van der Waals surface area (Å²) in [5, 5.41) is 3.07. The van der Waals surface area contributed by atoms with Crippen LogP contribution < -0.4 is 16.2 Å². The summed E-state index contributed by atoms with van der Waals surface area (Å²) >= 11 is 1.29. The summed E-state index contributed by atoms with van der Waals surface area (Å²) in [6.45, 7) is 3.90. The second kappa shape index (κ2) is 8.77. The lowest BCUT2D eigenvalue weighted by atomic mass is 10.1. The number of aromatic nitrogens is 1. The third-order valence-electron chi connectivity index (χ3n) is 4.16. The van der Waals surface area contributed by atoms with Gasteiger partial charge in [0.05, 0.1) is 10.2 Å². The van der Waals surface area contributed by atoms with Gasteiger partial charge in [-0.15, -0.1) is 11.3 Å². The van der Waals surface area contributed by atoms with Crippen LogP contribution in [0.3, 0.4) is 0 Å². The summed E-state index contributed by atoms with van der Waals surface area (Å²) in [6, 6.07) is 7.13. The van der Waals surface area contributed by atoms with Crippen LogP contribution in [0.1, 0.15) is 35.5 Å². The van der Waals surface area contributed by atoms with E-state index >= 15 is 0 Å². The summed E-state index contributed by atoms with van der Waals surface area (Å²) < 4.78 is 0.940. The molecule has 134 valence electrons. The molecule has 1 saturated heterocycles. The number of fused-ring (bicyclic) bond motifs is 1. The fraction of sp³-hybridized carbons (Fsp3) is 0.471. The molecule has 3 amide bonds. The van der Waals surface area contributed by atoms with Crippen molar-refractivity contribution in [3.8, 4) is 0 Å². The number of hydrogen-bond acceptors (Lipinski definition) is 5. The van der Waals surface area contributed by atoms with Crippen molar-refractivity contribution < 1.29 is 9.59 Å². The minimum atomic E-state index is -0.412. The van der Waals surface area contributed by atoms with E-state index in [1.165, 1.54) is 30.6 Å². The van der Waals surface area contributed by atoms with E-state index in [-0.39, 0.29) is 0 Å². The normalized spacial score (nSPS) is 15.0. The van der Waals surface area contributed by atoms with Crippen molar-refractivity contribution in [1.82, 2.24) is 26.1 Å². The smallest absolute Gasteiger partial charge is 0.333 e. The van der Waals surface area contributed by atoms with Crippen LogP contribution in [0.25, 0.3) is 10.2 Å². The van der Waals surface area contributed by atoms with Gasteiger partial charge in [-0.1, -0.05) is 18.6 Å². The Morgan fingerprint density at radius 1 is 1.12 bits per heavy atom. The molecule has 25 heavy (non-hydrogen) atoms. The molecule has 1 aromatic carbocycles. The molecule has 0 radical (unpaired) electrons. The van der Waals surface area contributed by atoms with Crippen LogP contribution in [0.2, 0.25) is 0 Å². The molecule has 0 atom stereocenters. The first-order valence-electron chi connectivity index (χ1n) is 8.64. The molecule has 1 fully saturated rings. The Kier molecular flexibility index (Phi) is 6.19. The van der Waals surface area contributed by atoms with Crippen molar-refractivity contribution in [1.29, 1.82) is 0 Å². The number of rotatable bonds is 5. The molecular weight excluding hydrogens is 338 g/mol. The highest BCUT2D eigenvalue weighted by Crippen LogP contribution is 2.21. The maximum Gasteiger partial charge on any atom is 0.333 e. The van der Waals surface area contributed by atoms with E-state index in [0.29, 0.717) is 11.6 Å². The zero-order valence-corrected chi connectivity index (χ0v) is 14.9. The first-order chi connectivity index (χ1) is 12.2. The number of thiazole rings is 1. The van der Waals surface area contributed by atoms with Gasteiger partial charge in [0.25, 0.3) is 5.91 Å². The van der Waals surface area contributed by atoms with Gasteiger partial charge in [0, 0.05) is 6.54 Å². The summed E-state index contributed by atoms with van der Waals surface area (Å²) in [4.78, 5) is 30.5. The highest BCUT2D eigenvalue weighted by molar-refractivity contribution is 7.20. The number of likely N-dealkylation sites (tertiary alicyclic amines) is 1. The first-order valence-corrected chi connectivity index (χ1v) is 9.46. The number of nitrogens with zero attached hydrogens (tertiary/aromatic N) is 2. The van der Waals surface area contributed by atoms with Crippen LogP contribution >= 0.6 is 11.3 Å². The maximum atomic E-state index is 12.0. The molecule has 0 aliphatic carbocycles. The number of urea groups is 1. The monoisotopic (exact) mass is 361 g/mol. The van der Waals surface area contributed by atoms with Gasteiger partial charge < -0.3 is 10.2 Å². The molecule has 8 heteroatoms. The third kappa shape index (κ3) is 5.14. The number of carbonyl (C=O) groups excluding carboxylic acids is 2. The van der Waals surface area contributed by atoms with E-state index in [1.54, 1.807) is 0 Å². The van der Waals surface area contributed by atoms with Crippen molar-refractivity contribution in [2.24, 2.45) is 0 Å². The Bertz CT molecular complexity index is 694. The second-order valence-electron chi connectivity index (χ2n) is 6.08. The summed E-state index contributed by atoms with van der Waals surface area (Å²) in [6.07, 6.45) is 4.77. The van der Waals surface area contributed by atoms with Crippen LogP contribution in [0.15, 0.2) is 24.3 Å². The van der Waals surface area contributed by atoms with Gasteiger partial charge in [0.15, 0.2) is 5.01 Å². The Hall–Kier alpha value is -2.19. The fourth-order valence-corrected chi connectivity index (χ4v) is 3.73. The predicted octanol–water partition coefficient (Wildman–Crippen LogP) is 2.12. The SMILES string of the molecule is O=C(NCCCN1CCCCC1)NNC(=O)c1nc2ccccc2s1. The molecule has 1 aliphatic rings. The number of benzene rings is 1. The van der Waals surface area contributed by atoms with E-state index in [2.05, 4.69) is 26.1 Å². The fourth-order valence-electron chi connectivity index (χ4n) is 2.87. The van der Waals surface area contributed by atoms with E-state index in [1.807, 2.05) is 24.3 Å². The van der Waals surface area contributed by atoms with Gasteiger partial charge in [-0.25, -0.2) is 15.2 Å². The van der Waals surface area contributed by atoms with E-state index < -0.39 is 11.9 Å². The zero-order chi connectivity index (χ0) is 17.5. The molecule has 3 rings (SSSR count). The lowest BCUT2D eigenvalue weighted by Crippen LogP contribution is -2.47. The number of carbonyl (C=O) groups is 2. The average Bonchev–Trinajstić information content (AvgIpc) is 3.08. The average molecular weight is 361 g/mol. The highest BCUT2D eigenvalue weighted by atomic mass is 32.1. The van der Waals surface area contributed by atoms with Crippen LogP contribution in [0, 0.1) is 0 Å². The van der Waals surface area contributed by atoms with Gasteiger partial charge in [-0.05, 0) is 51.0 Å². The zero-order valence-electron chi connectivity index (χ0n) is 14.1. The molecule has 0 unspecified atom stereocenters. The van der Waals surface area contributed by atoms with Crippen LogP contribution in [0.5, 0.6) is 0 Å². The number of nitrogens with one attached hydrogen (secondary N) is 3. The predicted molar refractivity (Wildman–Crippen MR) is 98.5 cm³/mol. The first kappa shape index (κ1) is 17.6. The number of hydrazine groups is 1. The molecule has 2 aromatic rings. The third-order valence-corrected chi connectivity index (χ3v) is 5.20. The lowest BCUT2D eigenvalue weighted by Gasteiger charge is -2.26. The highest BCUT2D eigenvalue weighted by Gasteiger charge is 2.13. The maximum absolute atomic E-state index is 12.0. The molecule has 0 saturated carbocycles. The Labute approximate surface area is 150 Å². The van der Waals surface area contributed by atoms with E-state index in [4.69, 9.17) is 0 Å². The molecule has 1 aliphatic heterocycles. The standard InChI is InChI=1S/C17H23N5O2S/c23-15(16-19-13-7-2-3-8-14(13)25-16)20-21-17(24)18-9-6-12-22-10-4-1-5-11-22/h2-3,7-8H,1,4-6,9-12H2,(H,20,23)(H2,18,21,24). The van der Waals surface area contributed by atoms with Crippen molar-refractivity contribution in [3.63, 3.8) is 0 Å². The molecule has 7 nitrogen and oxygen atoms in total. The minimum absolute atomic E-state index is 0.326. The van der Waals surface area contributed by atoms with Crippen LogP contribution in [-0.2, 0) is 0 Å². The molecule has 1 aromatic heterocycles. The Balaban J connectivity index is 1.34. The van der Waals surface area contributed by atoms with Gasteiger partial charge >= 0.3 is 6.03 Å². The quantitative estimate of drug-likeness (QED) is 0.562. The van der Waals surface area contributed by atoms with Crippen molar-refractivity contribution in [3.05, 3.63) is 29.3 Å². The van der Waals surface area contributed by atoms with Crippen molar-refractivity contribution in [2.45, 2.75) is 25.7 Å². The van der Waals surface area contributed by atoms with Gasteiger partial charge in [-0.2, -0.15) is 0 Å². The van der Waals surface area contributed by atoms with E-state index in [0.717, 1.165) is 36.3 Å². The molecular formula is C17H23N5O2S. The topological polar surface area (TPSA) is 86.4 Å². The largest absolute Gasteiger partial charge is 0.337 e. The number of piperidine rings is 1. The van der Waals surface area contributed by atoms with Crippen molar-refractivity contribution in [2.75, 3.05) is 26.2 Å². The Morgan fingerprint density at radius 3 is 2.72 bits per heavy atom. The summed E-state index contributed by atoms with van der Waals surface area (Å²) in [5.41, 5.74) is 5.53. The molecule has 0 bridgehead atoms. The minimum Gasteiger partial charge on any atom is -0.337 e. The molecule has 3 N–H and O–H groups in total. The van der Waals surface area contributed by atoms with Gasteiger partial charge in [0.1, 0.15) is 0 Å². The van der Waals surface area contributed by atoms with Crippen LogP contribution in [0.4, 0.5) is 4.79 Å². The van der Waals surface area contributed by atoms with Crippen molar-refractivity contribution >= 4 is 33.5 Å². The lowest BCUT2D eigenvalue weighted by molar-refractivity contribution is 0.0936. The number of para-hydroxylation sites is 1. The van der Waals surface area contributed by atoms with E-state index in [9.17, 15) is 9.59 Å². The number of hydrogen-bond donors (Lipinski definition) is 3.